The van der Waals surface area contributed by atoms with Gasteiger partial charge in [0.15, 0.2) is 5.96 Å². The first-order chi connectivity index (χ1) is 13.3. The Morgan fingerprint density at radius 1 is 1.04 bits per heavy atom. The standard InChI is InChI=1S/C21H30N4O2.HI/c1-3-22-21(23-13-7-10-18-8-5-4-6-9-18)25-17-19-11-12-20(24-16-19)27-15-14-26-2;/h4-6,8-9,11-12,16H,3,7,10,13-15,17H2,1-2H3,(H2,22,23,25);1H. The first-order valence-electron chi connectivity index (χ1n) is 9.44. The maximum absolute atomic E-state index is 5.47. The van der Waals surface area contributed by atoms with Crippen molar-refractivity contribution >= 4 is 29.9 Å². The molecular weight excluding hydrogens is 467 g/mol. The lowest BCUT2D eigenvalue weighted by molar-refractivity contribution is 0.143. The number of benzene rings is 1. The Labute approximate surface area is 185 Å². The molecule has 0 fully saturated rings. The molecule has 0 bridgehead atoms. The summed E-state index contributed by atoms with van der Waals surface area (Å²) in [5, 5.41) is 6.66. The first kappa shape index (κ1) is 24.2. The molecule has 0 aliphatic heterocycles. The maximum atomic E-state index is 5.47. The highest BCUT2D eigenvalue weighted by molar-refractivity contribution is 14.0. The van der Waals surface area contributed by atoms with Crippen molar-refractivity contribution in [1.82, 2.24) is 15.6 Å². The largest absolute Gasteiger partial charge is 0.475 e. The fourth-order valence-corrected chi connectivity index (χ4v) is 2.48. The van der Waals surface area contributed by atoms with Crippen LogP contribution >= 0.6 is 24.0 Å². The van der Waals surface area contributed by atoms with Crippen molar-refractivity contribution in [2.45, 2.75) is 26.3 Å². The molecular formula is C21H31IN4O2. The van der Waals surface area contributed by atoms with Gasteiger partial charge in [0.05, 0.1) is 13.2 Å². The van der Waals surface area contributed by atoms with Crippen LogP contribution in [0.5, 0.6) is 5.88 Å². The van der Waals surface area contributed by atoms with E-state index in [1.54, 1.807) is 13.3 Å². The topological polar surface area (TPSA) is 67.8 Å². The van der Waals surface area contributed by atoms with Crippen molar-refractivity contribution in [3.05, 3.63) is 59.8 Å². The van der Waals surface area contributed by atoms with E-state index >= 15 is 0 Å². The van der Waals surface area contributed by atoms with Gasteiger partial charge in [-0.25, -0.2) is 9.98 Å². The van der Waals surface area contributed by atoms with Gasteiger partial charge in [-0.3, -0.25) is 0 Å². The number of methoxy groups -OCH3 is 1. The number of hydrogen-bond acceptors (Lipinski definition) is 4. The number of aromatic nitrogens is 1. The van der Waals surface area contributed by atoms with Crippen molar-refractivity contribution < 1.29 is 9.47 Å². The zero-order valence-corrected chi connectivity index (χ0v) is 19.0. The summed E-state index contributed by atoms with van der Waals surface area (Å²) in [6.45, 7) is 5.39. The SMILES string of the molecule is CCNC(=NCc1ccc(OCCOC)nc1)NCCCc1ccccc1.I. The Kier molecular flexibility index (Phi) is 13.0. The molecule has 28 heavy (non-hydrogen) atoms. The van der Waals surface area contributed by atoms with Crippen LogP contribution in [0.3, 0.4) is 0 Å². The Bertz CT molecular complexity index is 666. The average molecular weight is 498 g/mol. The van der Waals surface area contributed by atoms with Crippen molar-refractivity contribution in [2.24, 2.45) is 4.99 Å². The van der Waals surface area contributed by atoms with E-state index in [4.69, 9.17) is 9.47 Å². The van der Waals surface area contributed by atoms with Crippen LogP contribution in [0.1, 0.15) is 24.5 Å². The molecule has 0 amide bonds. The number of nitrogens with one attached hydrogen (secondary N) is 2. The second-order valence-electron chi connectivity index (χ2n) is 6.06. The first-order valence-corrected chi connectivity index (χ1v) is 9.44. The Hall–Kier alpha value is -1.87. The number of rotatable bonds is 11. The fraction of sp³-hybridized carbons (Fsp3) is 0.429. The van der Waals surface area contributed by atoms with Crippen molar-refractivity contribution in [2.75, 3.05) is 33.4 Å². The van der Waals surface area contributed by atoms with Crippen molar-refractivity contribution in [3.8, 4) is 5.88 Å². The number of nitrogens with zero attached hydrogens (tertiary/aromatic N) is 2. The molecule has 1 heterocycles. The highest BCUT2D eigenvalue weighted by Gasteiger charge is 2.00. The summed E-state index contributed by atoms with van der Waals surface area (Å²) in [7, 11) is 1.65. The number of ether oxygens (including phenoxy) is 2. The summed E-state index contributed by atoms with van der Waals surface area (Å²) in [6.07, 6.45) is 3.91. The van der Waals surface area contributed by atoms with Crippen LogP contribution in [0.2, 0.25) is 0 Å². The van der Waals surface area contributed by atoms with Gasteiger partial charge < -0.3 is 20.1 Å². The summed E-state index contributed by atoms with van der Waals surface area (Å²) >= 11 is 0. The summed E-state index contributed by atoms with van der Waals surface area (Å²) < 4.78 is 10.4. The Balaban J connectivity index is 0.00000392. The van der Waals surface area contributed by atoms with E-state index in [9.17, 15) is 0 Å². The van der Waals surface area contributed by atoms with Crippen LogP contribution in [0.15, 0.2) is 53.7 Å². The number of pyridine rings is 1. The molecule has 0 radical (unpaired) electrons. The smallest absolute Gasteiger partial charge is 0.213 e. The minimum Gasteiger partial charge on any atom is -0.475 e. The molecule has 0 aliphatic rings. The molecule has 6 nitrogen and oxygen atoms in total. The summed E-state index contributed by atoms with van der Waals surface area (Å²) in [5.74, 6) is 1.43. The molecule has 0 saturated carbocycles. The molecule has 7 heteroatoms. The molecule has 0 atom stereocenters. The number of aryl methyl sites for hydroxylation is 1. The molecule has 2 N–H and O–H groups in total. The van der Waals surface area contributed by atoms with Gasteiger partial charge >= 0.3 is 0 Å². The Morgan fingerprint density at radius 3 is 2.54 bits per heavy atom. The molecule has 2 aromatic rings. The van der Waals surface area contributed by atoms with Gasteiger partial charge in [0.2, 0.25) is 5.88 Å². The van der Waals surface area contributed by atoms with Gasteiger partial charge in [-0.05, 0) is 30.9 Å². The maximum Gasteiger partial charge on any atom is 0.213 e. The lowest BCUT2D eigenvalue weighted by Crippen LogP contribution is -2.37. The van der Waals surface area contributed by atoms with Crippen LogP contribution in [-0.2, 0) is 17.7 Å². The predicted molar refractivity (Wildman–Crippen MR) is 125 cm³/mol. The van der Waals surface area contributed by atoms with Crippen LogP contribution in [-0.4, -0.2) is 44.4 Å². The zero-order chi connectivity index (χ0) is 19.2. The molecule has 0 aliphatic carbocycles. The number of hydrogen-bond donors (Lipinski definition) is 2. The van der Waals surface area contributed by atoms with Crippen LogP contribution in [0, 0.1) is 0 Å². The highest BCUT2D eigenvalue weighted by atomic mass is 127. The molecule has 0 saturated heterocycles. The molecule has 1 aromatic heterocycles. The lowest BCUT2D eigenvalue weighted by Gasteiger charge is -2.11. The van der Waals surface area contributed by atoms with E-state index in [1.807, 2.05) is 18.2 Å². The third-order valence-corrected chi connectivity index (χ3v) is 3.88. The molecule has 1 aromatic carbocycles. The van der Waals surface area contributed by atoms with Gasteiger partial charge in [0.25, 0.3) is 0 Å². The number of halogens is 1. The van der Waals surface area contributed by atoms with E-state index < -0.39 is 0 Å². The summed E-state index contributed by atoms with van der Waals surface area (Å²) in [6, 6.07) is 14.4. The van der Waals surface area contributed by atoms with Gasteiger partial charge in [0.1, 0.15) is 6.61 Å². The van der Waals surface area contributed by atoms with E-state index in [0.717, 1.165) is 37.5 Å². The zero-order valence-electron chi connectivity index (χ0n) is 16.7. The lowest BCUT2D eigenvalue weighted by atomic mass is 10.1. The van der Waals surface area contributed by atoms with Crippen molar-refractivity contribution in [1.29, 1.82) is 0 Å². The van der Waals surface area contributed by atoms with Gasteiger partial charge in [-0.15, -0.1) is 24.0 Å². The fourth-order valence-electron chi connectivity index (χ4n) is 2.48. The molecule has 2 rings (SSSR count). The molecule has 0 unspecified atom stereocenters. The second kappa shape index (κ2) is 15.1. The quantitative estimate of drug-likeness (QED) is 0.215. The van der Waals surface area contributed by atoms with Gasteiger partial charge in [-0.2, -0.15) is 0 Å². The number of guanidine groups is 1. The third kappa shape index (κ3) is 9.89. The monoisotopic (exact) mass is 498 g/mol. The van der Waals surface area contributed by atoms with E-state index in [0.29, 0.717) is 25.6 Å². The predicted octanol–water partition coefficient (Wildman–Crippen LogP) is 3.41. The molecule has 154 valence electrons. The van der Waals surface area contributed by atoms with E-state index in [1.165, 1.54) is 5.56 Å². The summed E-state index contributed by atoms with van der Waals surface area (Å²) in [5.41, 5.74) is 2.40. The normalized spacial score (nSPS) is 10.9. The summed E-state index contributed by atoms with van der Waals surface area (Å²) in [4.78, 5) is 8.92. The van der Waals surface area contributed by atoms with Crippen LogP contribution in [0.25, 0.3) is 0 Å². The van der Waals surface area contributed by atoms with Gasteiger partial charge in [-0.1, -0.05) is 36.4 Å². The van der Waals surface area contributed by atoms with E-state index in [2.05, 4.69) is 51.8 Å². The highest BCUT2D eigenvalue weighted by Crippen LogP contribution is 2.08. The van der Waals surface area contributed by atoms with Gasteiger partial charge in [0, 0.05) is 32.5 Å². The minimum atomic E-state index is 0. The Morgan fingerprint density at radius 2 is 1.86 bits per heavy atom. The average Bonchev–Trinajstić information content (AvgIpc) is 2.71. The number of aliphatic imine (C=N–C) groups is 1. The van der Waals surface area contributed by atoms with Crippen molar-refractivity contribution in [3.63, 3.8) is 0 Å². The third-order valence-electron chi connectivity index (χ3n) is 3.88. The minimum absolute atomic E-state index is 0. The van der Waals surface area contributed by atoms with Crippen LogP contribution in [0.4, 0.5) is 0 Å². The van der Waals surface area contributed by atoms with Crippen LogP contribution < -0.4 is 15.4 Å². The second-order valence-corrected chi connectivity index (χ2v) is 6.06. The van der Waals surface area contributed by atoms with E-state index in [-0.39, 0.29) is 24.0 Å². The molecule has 0 spiro atoms.